The number of hydrazine groups is 1. The van der Waals surface area contributed by atoms with Crippen molar-refractivity contribution in [2.45, 2.75) is 6.42 Å². The first-order valence-corrected chi connectivity index (χ1v) is 9.70. The maximum Gasteiger partial charge on any atom is 0.270 e. The molecule has 10 nitrogen and oxygen atoms in total. The van der Waals surface area contributed by atoms with E-state index in [9.17, 15) is 24.5 Å². The van der Waals surface area contributed by atoms with Crippen molar-refractivity contribution in [1.82, 2.24) is 15.8 Å². The minimum absolute atomic E-state index is 0.0181. The predicted octanol–water partition coefficient (Wildman–Crippen LogP) is 2.24. The molecule has 0 atom stereocenters. The summed E-state index contributed by atoms with van der Waals surface area (Å²) in [7, 11) is 0. The Balaban J connectivity index is 1.50. The number of hydrogen-bond acceptors (Lipinski definition) is 8. The number of nitro groups is 1. The van der Waals surface area contributed by atoms with Gasteiger partial charge >= 0.3 is 0 Å². The van der Waals surface area contributed by atoms with Gasteiger partial charge in [-0.05, 0) is 18.2 Å². The van der Waals surface area contributed by atoms with Crippen molar-refractivity contribution in [3.63, 3.8) is 0 Å². The molecule has 3 rings (SSSR count). The van der Waals surface area contributed by atoms with Crippen LogP contribution in [0.2, 0.25) is 0 Å². The van der Waals surface area contributed by atoms with Gasteiger partial charge in [0.25, 0.3) is 17.5 Å². The van der Waals surface area contributed by atoms with Gasteiger partial charge in [0.2, 0.25) is 5.91 Å². The van der Waals surface area contributed by atoms with Crippen LogP contribution in [0, 0.1) is 10.1 Å². The number of nitrogens with one attached hydrogen (secondary N) is 2. The molecule has 154 valence electrons. The molecule has 0 aliphatic carbocycles. The lowest BCUT2D eigenvalue weighted by Gasteiger charge is -2.14. The zero-order valence-corrected chi connectivity index (χ0v) is 16.8. The lowest BCUT2D eigenvalue weighted by molar-refractivity contribution is -0.384. The van der Waals surface area contributed by atoms with Crippen molar-refractivity contribution in [1.29, 1.82) is 0 Å². The van der Waals surface area contributed by atoms with Crippen molar-refractivity contribution >= 4 is 57.8 Å². The number of carbonyl (C=O) groups excluding carboxylic acids is 3. The zero-order valence-electron chi connectivity index (χ0n) is 15.2. The fourth-order valence-corrected chi connectivity index (χ4v) is 3.72. The fraction of sp³-hybridized carbons (Fsp3) is 0.111. The molecule has 1 aromatic carbocycles. The molecule has 0 spiro atoms. The van der Waals surface area contributed by atoms with Gasteiger partial charge in [0.1, 0.15) is 10.1 Å². The molecule has 1 fully saturated rings. The summed E-state index contributed by atoms with van der Waals surface area (Å²) in [5.74, 6) is -1.09. The van der Waals surface area contributed by atoms with Crippen LogP contribution in [0.3, 0.4) is 0 Å². The summed E-state index contributed by atoms with van der Waals surface area (Å²) in [5, 5.41) is 10.8. The standard InChI is InChI=1S/C18H14N4O6S2/c23-15(19-20-16(24)11-3-1-4-12(9-11)22(26)27)6-7-21-17(25)14(30-18(21)29)10-13-5-2-8-28-13/h1-5,8-10H,6-7H2,(H,19,23)(H,20,24)/b14-10+. The van der Waals surface area contributed by atoms with Crippen molar-refractivity contribution in [2.24, 2.45) is 0 Å². The van der Waals surface area contributed by atoms with Crippen LogP contribution in [0.25, 0.3) is 6.08 Å². The van der Waals surface area contributed by atoms with Gasteiger partial charge < -0.3 is 4.42 Å². The smallest absolute Gasteiger partial charge is 0.270 e. The Kier molecular flexibility index (Phi) is 6.59. The Morgan fingerprint density at radius 3 is 2.77 bits per heavy atom. The monoisotopic (exact) mass is 446 g/mol. The second kappa shape index (κ2) is 9.33. The number of benzene rings is 1. The van der Waals surface area contributed by atoms with E-state index in [0.717, 1.165) is 17.8 Å². The highest BCUT2D eigenvalue weighted by Crippen LogP contribution is 2.32. The first-order chi connectivity index (χ1) is 14.3. The molecular formula is C18H14N4O6S2. The van der Waals surface area contributed by atoms with Crippen molar-refractivity contribution in [3.8, 4) is 0 Å². The van der Waals surface area contributed by atoms with Gasteiger partial charge in [0, 0.05) is 36.7 Å². The van der Waals surface area contributed by atoms with Gasteiger partial charge in [-0.2, -0.15) is 0 Å². The van der Waals surface area contributed by atoms with Crippen molar-refractivity contribution in [3.05, 3.63) is 69.0 Å². The number of furan rings is 1. The Morgan fingerprint density at radius 1 is 1.27 bits per heavy atom. The minimum atomic E-state index is -0.709. The lowest BCUT2D eigenvalue weighted by Crippen LogP contribution is -2.43. The third-order valence-electron chi connectivity index (χ3n) is 3.89. The number of amides is 3. The largest absolute Gasteiger partial charge is 0.465 e. The summed E-state index contributed by atoms with van der Waals surface area (Å²) in [6.07, 6.45) is 2.94. The molecule has 1 aliphatic heterocycles. The third-order valence-corrected chi connectivity index (χ3v) is 5.26. The van der Waals surface area contributed by atoms with E-state index in [2.05, 4.69) is 10.9 Å². The first kappa shape index (κ1) is 21.2. The summed E-state index contributed by atoms with van der Waals surface area (Å²) in [4.78, 5) is 48.3. The maximum atomic E-state index is 12.4. The van der Waals surface area contributed by atoms with E-state index in [0.29, 0.717) is 15.0 Å². The summed E-state index contributed by atoms with van der Waals surface area (Å²) in [6, 6.07) is 8.47. The molecule has 30 heavy (non-hydrogen) atoms. The number of thiocarbonyl (C=S) groups is 1. The lowest BCUT2D eigenvalue weighted by atomic mass is 10.2. The topological polar surface area (TPSA) is 135 Å². The minimum Gasteiger partial charge on any atom is -0.465 e. The maximum absolute atomic E-state index is 12.4. The molecule has 0 unspecified atom stereocenters. The summed E-state index contributed by atoms with van der Waals surface area (Å²) >= 11 is 6.29. The number of thioether (sulfide) groups is 1. The molecule has 3 amide bonds. The quantitative estimate of drug-likeness (QED) is 0.299. The molecular weight excluding hydrogens is 432 g/mol. The second-order valence-corrected chi connectivity index (χ2v) is 7.58. The second-order valence-electron chi connectivity index (χ2n) is 5.91. The molecule has 2 N–H and O–H groups in total. The first-order valence-electron chi connectivity index (χ1n) is 8.47. The number of rotatable bonds is 6. The fourth-order valence-electron chi connectivity index (χ4n) is 2.43. The molecule has 12 heteroatoms. The number of carbonyl (C=O) groups is 3. The van der Waals surface area contributed by atoms with Gasteiger partial charge in [-0.3, -0.25) is 40.2 Å². The predicted molar refractivity (Wildman–Crippen MR) is 112 cm³/mol. The third kappa shape index (κ3) is 5.10. The van der Waals surface area contributed by atoms with Crippen LogP contribution in [0.15, 0.2) is 52.0 Å². The van der Waals surface area contributed by atoms with Crippen LogP contribution in [0.1, 0.15) is 22.5 Å². The van der Waals surface area contributed by atoms with Crippen LogP contribution >= 0.6 is 24.0 Å². The van der Waals surface area contributed by atoms with Crippen LogP contribution in [-0.4, -0.2) is 38.4 Å². The normalized spacial score (nSPS) is 14.8. The molecule has 1 aromatic heterocycles. The van der Waals surface area contributed by atoms with Gasteiger partial charge in [-0.15, -0.1) is 0 Å². The van der Waals surface area contributed by atoms with Crippen molar-refractivity contribution in [2.75, 3.05) is 6.54 Å². The van der Waals surface area contributed by atoms with E-state index in [1.165, 1.54) is 29.4 Å². The highest BCUT2D eigenvalue weighted by atomic mass is 32.2. The van der Waals surface area contributed by atoms with E-state index in [-0.39, 0.29) is 30.1 Å². The van der Waals surface area contributed by atoms with Gasteiger partial charge in [-0.1, -0.05) is 30.0 Å². The number of non-ortho nitro benzene ring substituents is 1. The molecule has 0 bridgehead atoms. The average Bonchev–Trinajstić information content (AvgIpc) is 3.33. The SMILES string of the molecule is O=C(CCN1C(=O)/C(=C\c2ccco2)SC1=S)NNC(=O)c1cccc([N+](=O)[O-])c1. The zero-order chi connectivity index (χ0) is 21.7. The molecule has 2 aromatic rings. The van der Waals surface area contributed by atoms with E-state index in [1.807, 2.05) is 0 Å². The van der Waals surface area contributed by atoms with Gasteiger partial charge in [-0.25, -0.2) is 0 Å². The molecule has 1 saturated heterocycles. The van der Waals surface area contributed by atoms with Gasteiger partial charge in [0.15, 0.2) is 0 Å². The molecule has 2 heterocycles. The van der Waals surface area contributed by atoms with Crippen LogP contribution in [0.5, 0.6) is 0 Å². The summed E-state index contributed by atoms with van der Waals surface area (Å²) in [5.41, 5.74) is 4.15. The van der Waals surface area contributed by atoms with Crippen LogP contribution < -0.4 is 10.9 Å². The molecule has 1 aliphatic rings. The Labute approximate surface area is 179 Å². The Hall–Kier alpha value is -3.51. The average molecular weight is 446 g/mol. The molecule has 0 radical (unpaired) electrons. The highest BCUT2D eigenvalue weighted by molar-refractivity contribution is 8.26. The number of hydrogen-bond donors (Lipinski definition) is 2. The number of nitro benzene ring substituents is 1. The van der Waals surface area contributed by atoms with E-state index in [4.69, 9.17) is 16.6 Å². The molecule has 0 saturated carbocycles. The van der Waals surface area contributed by atoms with E-state index >= 15 is 0 Å². The summed E-state index contributed by atoms with van der Waals surface area (Å²) in [6.45, 7) is 0.0265. The Bertz CT molecular complexity index is 1050. The Morgan fingerprint density at radius 2 is 2.07 bits per heavy atom. The van der Waals surface area contributed by atoms with Crippen LogP contribution in [-0.2, 0) is 9.59 Å². The number of nitrogens with zero attached hydrogens (tertiary/aromatic N) is 2. The van der Waals surface area contributed by atoms with Gasteiger partial charge in [0.05, 0.1) is 16.1 Å². The van der Waals surface area contributed by atoms with E-state index in [1.54, 1.807) is 18.2 Å². The summed E-state index contributed by atoms with van der Waals surface area (Å²) < 4.78 is 5.49. The highest BCUT2D eigenvalue weighted by Gasteiger charge is 2.32. The van der Waals surface area contributed by atoms with Crippen LogP contribution in [0.4, 0.5) is 5.69 Å². The van der Waals surface area contributed by atoms with E-state index < -0.39 is 16.7 Å². The van der Waals surface area contributed by atoms with Crippen molar-refractivity contribution < 1.29 is 23.7 Å².